The van der Waals surface area contributed by atoms with Gasteiger partial charge in [0, 0.05) is 44.7 Å². The Kier molecular flexibility index (Phi) is 4.01. The Morgan fingerprint density at radius 2 is 2.00 bits per heavy atom. The van der Waals surface area contributed by atoms with E-state index in [0.717, 1.165) is 32.5 Å². The maximum atomic E-state index is 11.2. The van der Waals surface area contributed by atoms with Crippen molar-refractivity contribution < 1.29 is 14.3 Å². The van der Waals surface area contributed by atoms with Gasteiger partial charge in [0.15, 0.2) is 5.60 Å². The van der Waals surface area contributed by atoms with Gasteiger partial charge in [0.05, 0.1) is 12.0 Å². The Bertz CT molecular complexity index is 557. The Balaban J connectivity index is 1.36. The molecule has 1 aromatic rings. The molecule has 3 aliphatic rings. The third-order valence-corrected chi connectivity index (χ3v) is 5.62. The first-order valence-corrected chi connectivity index (χ1v) is 8.83. The van der Waals surface area contributed by atoms with Gasteiger partial charge in [-0.1, -0.05) is 19.3 Å². The second-order valence-electron chi connectivity index (χ2n) is 7.18. The summed E-state index contributed by atoms with van der Waals surface area (Å²) in [5, 5.41) is 0. The highest BCUT2D eigenvalue weighted by Crippen LogP contribution is 2.33. The lowest BCUT2D eigenvalue weighted by molar-refractivity contribution is -0.00224. The molecule has 1 aromatic heterocycles. The zero-order valence-electron chi connectivity index (χ0n) is 13.6. The van der Waals surface area contributed by atoms with Gasteiger partial charge < -0.3 is 14.0 Å². The molecule has 4 rings (SSSR count). The zero-order valence-corrected chi connectivity index (χ0v) is 13.6. The van der Waals surface area contributed by atoms with Gasteiger partial charge in [-0.3, -0.25) is 4.90 Å². The number of imidazole rings is 1. The predicted octanol–water partition coefficient (Wildman–Crippen LogP) is 2.89. The lowest BCUT2D eigenvalue weighted by atomic mass is 9.92. The van der Waals surface area contributed by atoms with Crippen molar-refractivity contribution in [3.63, 3.8) is 0 Å². The SMILES string of the molecule is O=C1OCC2(CCN(Cc3cncn3C3CCCCC3)CC2)O1. The summed E-state index contributed by atoms with van der Waals surface area (Å²) in [6.45, 7) is 3.22. The van der Waals surface area contributed by atoms with Crippen molar-refractivity contribution >= 4 is 6.16 Å². The molecule has 2 saturated heterocycles. The Labute approximate surface area is 136 Å². The second-order valence-corrected chi connectivity index (χ2v) is 7.18. The summed E-state index contributed by atoms with van der Waals surface area (Å²) >= 11 is 0. The first kappa shape index (κ1) is 15.0. The van der Waals surface area contributed by atoms with E-state index in [1.807, 2.05) is 12.5 Å². The van der Waals surface area contributed by atoms with E-state index in [4.69, 9.17) is 9.47 Å². The lowest BCUT2D eigenvalue weighted by Crippen LogP contribution is -2.45. The van der Waals surface area contributed by atoms with Crippen LogP contribution in [0.15, 0.2) is 12.5 Å². The lowest BCUT2D eigenvalue weighted by Gasteiger charge is -2.36. The van der Waals surface area contributed by atoms with Crippen LogP contribution in [-0.4, -0.2) is 45.9 Å². The molecule has 0 N–H and O–H groups in total. The van der Waals surface area contributed by atoms with Gasteiger partial charge in [0.2, 0.25) is 0 Å². The fourth-order valence-corrected chi connectivity index (χ4v) is 4.16. The maximum absolute atomic E-state index is 11.2. The van der Waals surface area contributed by atoms with Gasteiger partial charge in [0.25, 0.3) is 0 Å². The fourth-order valence-electron chi connectivity index (χ4n) is 4.16. The van der Waals surface area contributed by atoms with E-state index in [9.17, 15) is 4.79 Å². The molecular formula is C17H25N3O3. The number of hydrogen-bond acceptors (Lipinski definition) is 5. The van der Waals surface area contributed by atoms with Crippen molar-refractivity contribution in [2.45, 2.75) is 63.1 Å². The molecule has 0 unspecified atom stereocenters. The highest BCUT2D eigenvalue weighted by Gasteiger charge is 2.44. The van der Waals surface area contributed by atoms with E-state index < -0.39 is 6.16 Å². The average Bonchev–Trinajstić information content (AvgIpc) is 3.18. The number of carbonyl (C=O) groups is 1. The van der Waals surface area contributed by atoms with Gasteiger partial charge in [-0.05, 0) is 12.8 Å². The number of piperidine rings is 1. The Hall–Kier alpha value is -1.56. The van der Waals surface area contributed by atoms with Crippen LogP contribution in [-0.2, 0) is 16.0 Å². The van der Waals surface area contributed by atoms with E-state index >= 15 is 0 Å². The number of likely N-dealkylation sites (tertiary alicyclic amines) is 1. The molecule has 0 aromatic carbocycles. The van der Waals surface area contributed by atoms with Crippen LogP contribution in [0.3, 0.4) is 0 Å². The van der Waals surface area contributed by atoms with E-state index in [1.54, 1.807) is 0 Å². The molecule has 1 saturated carbocycles. The van der Waals surface area contributed by atoms with Crippen molar-refractivity contribution in [3.05, 3.63) is 18.2 Å². The Morgan fingerprint density at radius 3 is 2.70 bits per heavy atom. The minimum absolute atomic E-state index is 0.364. The summed E-state index contributed by atoms with van der Waals surface area (Å²) in [6, 6.07) is 0.626. The van der Waals surface area contributed by atoms with Crippen molar-refractivity contribution in [2.75, 3.05) is 19.7 Å². The van der Waals surface area contributed by atoms with Gasteiger partial charge in [-0.2, -0.15) is 0 Å². The molecule has 2 aliphatic heterocycles. The number of ether oxygens (including phenoxy) is 2. The third kappa shape index (κ3) is 3.09. The molecule has 0 radical (unpaired) electrons. The highest BCUT2D eigenvalue weighted by atomic mass is 16.8. The summed E-state index contributed by atoms with van der Waals surface area (Å²) in [4.78, 5) is 18.0. The predicted molar refractivity (Wildman–Crippen MR) is 84.0 cm³/mol. The van der Waals surface area contributed by atoms with E-state index in [1.165, 1.54) is 37.8 Å². The highest BCUT2D eigenvalue weighted by molar-refractivity contribution is 5.62. The second kappa shape index (κ2) is 6.15. The third-order valence-electron chi connectivity index (χ3n) is 5.62. The molecule has 3 heterocycles. The number of carbonyl (C=O) groups excluding carboxylic acids is 1. The van der Waals surface area contributed by atoms with Crippen LogP contribution in [0.25, 0.3) is 0 Å². The first-order chi connectivity index (χ1) is 11.2. The number of hydrogen-bond donors (Lipinski definition) is 0. The van der Waals surface area contributed by atoms with Crippen molar-refractivity contribution in [3.8, 4) is 0 Å². The fraction of sp³-hybridized carbons (Fsp3) is 0.765. The summed E-state index contributed by atoms with van der Waals surface area (Å²) in [6.07, 6.45) is 11.8. The number of rotatable bonds is 3. The molecule has 6 nitrogen and oxygen atoms in total. The van der Waals surface area contributed by atoms with Gasteiger partial charge in [-0.25, -0.2) is 9.78 Å². The average molecular weight is 319 g/mol. The van der Waals surface area contributed by atoms with Crippen LogP contribution < -0.4 is 0 Å². The maximum Gasteiger partial charge on any atom is 0.509 e. The zero-order chi connectivity index (χ0) is 15.7. The summed E-state index contributed by atoms with van der Waals surface area (Å²) in [5.41, 5.74) is 0.949. The minimum Gasteiger partial charge on any atom is -0.430 e. The summed E-state index contributed by atoms with van der Waals surface area (Å²) in [7, 11) is 0. The van der Waals surface area contributed by atoms with Gasteiger partial charge in [0.1, 0.15) is 6.61 Å². The molecule has 1 spiro atoms. The quantitative estimate of drug-likeness (QED) is 0.802. The van der Waals surface area contributed by atoms with Crippen molar-refractivity contribution in [1.82, 2.24) is 14.5 Å². The minimum atomic E-state index is -0.506. The molecule has 0 atom stereocenters. The molecule has 6 heteroatoms. The normalized spacial score (nSPS) is 25.5. The van der Waals surface area contributed by atoms with Gasteiger partial charge in [-0.15, -0.1) is 0 Å². The number of cyclic esters (lactones) is 1. The molecule has 0 amide bonds. The molecule has 1 aliphatic carbocycles. The smallest absolute Gasteiger partial charge is 0.430 e. The summed E-state index contributed by atoms with van der Waals surface area (Å²) in [5.74, 6) is 0. The van der Waals surface area contributed by atoms with Crippen molar-refractivity contribution in [2.24, 2.45) is 0 Å². The van der Waals surface area contributed by atoms with Crippen LogP contribution in [0.5, 0.6) is 0 Å². The van der Waals surface area contributed by atoms with Crippen LogP contribution in [0.4, 0.5) is 4.79 Å². The van der Waals surface area contributed by atoms with Crippen LogP contribution in [0.1, 0.15) is 56.7 Å². The number of aromatic nitrogens is 2. The molecule has 3 fully saturated rings. The van der Waals surface area contributed by atoms with Crippen LogP contribution in [0.2, 0.25) is 0 Å². The first-order valence-electron chi connectivity index (χ1n) is 8.83. The monoisotopic (exact) mass is 319 g/mol. The molecule has 23 heavy (non-hydrogen) atoms. The molecular weight excluding hydrogens is 294 g/mol. The van der Waals surface area contributed by atoms with E-state index in [0.29, 0.717) is 12.6 Å². The number of nitrogens with zero attached hydrogens (tertiary/aromatic N) is 3. The Morgan fingerprint density at radius 1 is 1.22 bits per heavy atom. The topological polar surface area (TPSA) is 56.6 Å². The van der Waals surface area contributed by atoms with E-state index in [-0.39, 0.29) is 5.60 Å². The van der Waals surface area contributed by atoms with Gasteiger partial charge >= 0.3 is 6.16 Å². The van der Waals surface area contributed by atoms with Crippen LogP contribution >= 0.6 is 0 Å². The van der Waals surface area contributed by atoms with E-state index in [2.05, 4.69) is 14.5 Å². The van der Waals surface area contributed by atoms with Crippen LogP contribution in [0, 0.1) is 0 Å². The van der Waals surface area contributed by atoms with Crippen molar-refractivity contribution in [1.29, 1.82) is 0 Å². The molecule has 0 bridgehead atoms. The summed E-state index contributed by atoms with van der Waals surface area (Å²) < 4.78 is 12.8. The molecule has 126 valence electrons. The largest absolute Gasteiger partial charge is 0.509 e. The standard InChI is InChI=1S/C17H25N3O3/c21-16-22-12-17(23-16)6-8-19(9-7-17)11-15-10-18-13-20(15)14-4-2-1-3-5-14/h10,13-14H,1-9,11-12H2.